The van der Waals surface area contributed by atoms with Gasteiger partial charge in [0.05, 0.1) is 34.3 Å². The van der Waals surface area contributed by atoms with Gasteiger partial charge in [0.1, 0.15) is 4.99 Å². The van der Waals surface area contributed by atoms with Crippen LogP contribution in [0.2, 0.25) is 0 Å². The van der Waals surface area contributed by atoms with Crippen molar-refractivity contribution in [2.75, 3.05) is 35.6 Å². The van der Waals surface area contributed by atoms with Gasteiger partial charge in [-0.1, -0.05) is 51.2 Å². The second-order valence-electron chi connectivity index (χ2n) is 8.19. The van der Waals surface area contributed by atoms with Crippen LogP contribution in [0.1, 0.15) is 56.7 Å². The van der Waals surface area contributed by atoms with Crippen molar-refractivity contribution in [1.29, 1.82) is 0 Å². The van der Waals surface area contributed by atoms with Crippen molar-refractivity contribution in [2.45, 2.75) is 51.9 Å². The number of rotatable bonds is 9. The minimum Gasteiger partial charge on any atom is -0.376 e. The molecule has 0 fully saturated rings. The Morgan fingerprint density at radius 2 is 1.78 bits per heavy atom. The van der Waals surface area contributed by atoms with Crippen LogP contribution < -0.4 is 10.2 Å². The number of aliphatic imine (C=N–C) groups is 1. The number of benzodiazepines with no additional fused rings is 1. The molecule has 0 aliphatic carbocycles. The molecule has 0 spiro atoms. The summed E-state index contributed by atoms with van der Waals surface area (Å²) < 4.78 is 25.4. The van der Waals surface area contributed by atoms with Crippen molar-refractivity contribution in [3.63, 3.8) is 0 Å². The molecule has 0 saturated carbocycles. The zero-order chi connectivity index (χ0) is 23.3. The van der Waals surface area contributed by atoms with Crippen LogP contribution in [0.3, 0.4) is 0 Å². The van der Waals surface area contributed by atoms with E-state index in [1.165, 1.54) is 0 Å². The van der Waals surface area contributed by atoms with E-state index >= 15 is 0 Å². The molecular formula is C25H33N3O2S2. The van der Waals surface area contributed by atoms with Gasteiger partial charge in [-0.3, -0.25) is 0 Å². The summed E-state index contributed by atoms with van der Waals surface area (Å²) in [6, 6.07) is 11.4. The Balaban J connectivity index is 2.20. The Kier molecular flexibility index (Phi) is 8.06. The summed E-state index contributed by atoms with van der Waals surface area (Å²) in [5, 5.41) is 3.53. The molecule has 0 radical (unpaired) electrons. The molecular weight excluding hydrogens is 438 g/mol. The zero-order valence-electron chi connectivity index (χ0n) is 19.4. The number of hydrogen-bond acceptors (Lipinski definition) is 5. The highest BCUT2D eigenvalue weighted by Crippen LogP contribution is 2.36. The molecule has 0 bridgehead atoms. The standard InChI is InChI=1S/C25H33N3O2S2/c1-5-13-28(14-6-2)21-12-11-18(4)23-24(27-22(31)17-26-25(21)23)19-9-8-10-20(16-19)32(29,30)15-7-3/h8-12,16,26H,5-7,13-15,17H2,1-4H3. The van der Waals surface area contributed by atoms with Gasteiger partial charge in [0, 0.05) is 24.2 Å². The molecule has 0 saturated heterocycles. The molecule has 0 amide bonds. The molecule has 1 aliphatic heterocycles. The third-order valence-electron chi connectivity index (χ3n) is 5.55. The van der Waals surface area contributed by atoms with Gasteiger partial charge >= 0.3 is 0 Å². The minimum atomic E-state index is -3.33. The summed E-state index contributed by atoms with van der Waals surface area (Å²) in [4.78, 5) is 8.07. The SMILES string of the molecule is CCCN(CCC)c1ccc(C)c2c1NCC(=S)N=C2c1cccc(S(=O)(=O)CCC)c1. The number of nitrogens with one attached hydrogen (secondary N) is 1. The van der Waals surface area contributed by atoms with Crippen LogP contribution in [0.25, 0.3) is 0 Å². The quantitative estimate of drug-likeness (QED) is 0.497. The maximum absolute atomic E-state index is 12.7. The molecule has 1 aliphatic rings. The van der Waals surface area contributed by atoms with Gasteiger partial charge < -0.3 is 10.2 Å². The molecule has 0 atom stereocenters. The topological polar surface area (TPSA) is 61.8 Å². The lowest BCUT2D eigenvalue weighted by atomic mass is 9.95. The van der Waals surface area contributed by atoms with Crippen LogP contribution >= 0.6 is 12.2 Å². The number of anilines is 2. The van der Waals surface area contributed by atoms with E-state index < -0.39 is 9.84 Å². The van der Waals surface area contributed by atoms with Crippen molar-refractivity contribution in [1.82, 2.24) is 0 Å². The van der Waals surface area contributed by atoms with Crippen LogP contribution in [0.5, 0.6) is 0 Å². The molecule has 0 unspecified atom stereocenters. The second kappa shape index (κ2) is 10.6. The monoisotopic (exact) mass is 471 g/mol. The molecule has 0 aromatic heterocycles. The smallest absolute Gasteiger partial charge is 0.178 e. The highest BCUT2D eigenvalue weighted by molar-refractivity contribution is 7.91. The third kappa shape index (κ3) is 5.21. The molecule has 172 valence electrons. The summed E-state index contributed by atoms with van der Waals surface area (Å²) in [6.45, 7) is 10.7. The van der Waals surface area contributed by atoms with E-state index in [2.05, 4.69) is 43.1 Å². The fraction of sp³-hybridized carbons (Fsp3) is 0.440. The first kappa shape index (κ1) is 24.4. The van der Waals surface area contributed by atoms with Crippen molar-refractivity contribution in [3.05, 3.63) is 53.1 Å². The van der Waals surface area contributed by atoms with Gasteiger partial charge in [0.25, 0.3) is 0 Å². The fourth-order valence-electron chi connectivity index (χ4n) is 4.15. The van der Waals surface area contributed by atoms with E-state index in [9.17, 15) is 8.42 Å². The average molecular weight is 472 g/mol. The summed E-state index contributed by atoms with van der Waals surface area (Å²) in [7, 11) is -3.33. The molecule has 3 rings (SSSR count). The van der Waals surface area contributed by atoms with E-state index in [-0.39, 0.29) is 5.75 Å². The van der Waals surface area contributed by atoms with Crippen molar-refractivity contribution >= 4 is 44.1 Å². The van der Waals surface area contributed by atoms with E-state index in [1.54, 1.807) is 18.2 Å². The number of sulfone groups is 1. The van der Waals surface area contributed by atoms with Crippen molar-refractivity contribution in [2.24, 2.45) is 4.99 Å². The summed E-state index contributed by atoms with van der Waals surface area (Å²) in [6.07, 6.45) is 2.69. The molecule has 7 heteroatoms. The predicted octanol–water partition coefficient (Wildman–Crippen LogP) is 5.40. The Hall–Kier alpha value is -2.25. The van der Waals surface area contributed by atoms with Gasteiger partial charge in [0.2, 0.25) is 0 Å². The lowest BCUT2D eigenvalue weighted by Crippen LogP contribution is -2.27. The van der Waals surface area contributed by atoms with Crippen LogP contribution in [-0.2, 0) is 9.84 Å². The number of fused-ring (bicyclic) bond motifs is 1. The summed E-state index contributed by atoms with van der Waals surface area (Å²) in [5.74, 6) is 0.131. The van der Waals surface area contributed by atoms with Crippen LogP contribution in [0.4, 0.5) is 11.4 Å². The third-order valence-corrected chi connectivity index (χ3v) is 7.70. The first-order valence-electron chi connectivity index (χ1n) is 11.4. The lowest BCUT2D eigenvalue weighted by Gasteiger charge is -2.28. The van der Waals surface area contributed by atoms with Gasteiger partial charge in [-0.2, -0.15) is 0 Å². The van der Waals surface area contributed by atoms with Crippen LogP contribution in [0.15, 0.2) is 46.3 Å². The summed E-state index contributed by atoms with van der Waals surface area (Å²) in [5.41, 5.74) is 5.73. The number of nitrogens with zero attached hydrogens (tertiary/aromatic N) is 2. The Morgan fingerprint density at radius 3 is 2.44 bits per heavy atom. The minimum absolute atomic E-state index is 0.131. The number of benzene rings is 2. The van der Waals surface area contributed by atoms with Gasteiger partial charge in [-0.05, 0) is 49.9 Å². The average Bonchev–Trinajstić information content (AvgIpc) is 2.94. The number of hydrogen-bond donors (Lipinski definition) is 1. The number of thiocarbonyl (C=S) groups is 1. The van der Waals surface area contributed by atoms with Crippen molar-refractivity contribution in [3.8, 4) is 0 Å². The van der Waals surface area contributed by atoms with Crippen LogP contribution in [0, 0.1) is 6.92 Å². The maximum Gasteiger partial charge on any atom is 0.178 e. The van der Waals surface area contributed by atoms with E-state index in [1.807, 2.05) is 13.0 Å². The fourth-order valence-corrected chi connectivity index (χ4v) is 5.68. The molecule has 1 heterocycles. The van der Waals surface area contributed by atoms with Crippen molar-refractivity contribution < 1.29 is 8.42 Å². The Morgan fingerprint density at radius 1 is 1.06 bits per heavy atom. The van der Waals surface area contributed by atoms with Gasteiger partial charge in [-0.15, -0.1) is 0 Å². The predicted molar refractivity (Wildman–Crippen MR) is 139 cm³/mol. The second-order valence-corrected chi connectivity index (χ2v) is 10.8. The van der Waals surface area contributed by atoms with Gasteiger partial charge in [-0.25, -0.2) is 13.4 Å². The van der Waals surface area contributed by atoms with Gasteiger partial charge in [0.15, 0.2) is 9.84 Å². The first-order chi connectivity index (χ1) is 15.3. The largest absolute Gasteiger partial charge is 0.376 e. The molecule has 32 heavy (non-hydrogen) atoms. The summed E-state index contributed by atoms with van der Waals surface area (Å²) >= 11 is 5.54. The van der Waals surface area contributed by atoms with Crippen LogP contribution in [-0.4, -0.2) is 44.5 Å². The van der Waals surface area contributed by atoms with E-state index in [0.29, 0.717) is 22.8 Å². The maximum atomic E-state index is 12.7. The Labute approximate surface area is 197 Å². The molecule has 2 aromatic rings. The molecule has 5 nitrogen and oxygen atoms in total. The zero-order valence-corrected chi connectivity index (χ0v) is 21.1. The number of aryl methyl sites for hydroxylation is 1. The molecule has 1 N–H and O–H groups in total. The Bertz CT molecular complexity index is 1120. The normalized spacial score (nSPS) is 13.8. The van der Waals surface area contributed by atoms with E-state index in [4.69, 9.17) is 17.2 Å². The lowest BCUT2D eigenvalue weighted by molar-refractivity contribution is 0.594. The highest BCUT2D eigenvalue weighted by Gasteiger charge is 2.24. The highest BCUT2D eigenvalue weighted by atomic mass is 32.2. The molecule has 2 aromatic carbocycles. The first-order valence-corrected chi connectivity index (χ1v) is 13.5. The van der Waals surface area contributed by atoms with E-state index in [0.717, 1.165) is 59.7 Å².